The van der Waals surface area contributed by atoms with Crippen molar-refractivity contribution in [1.82, 2.24) is 19.0 Å². The molecule has 3 aliphatic rings. The minimum atomic E-state index is -1.13. The van der Waals surface area contributed by atoms with E-state index in [4.69, 9.17) is 21.2 Å². The summed E-state index contributed by atoms with van der Waals surface area (Å²) >= 11 is 0. The van der Waals surface area contributed by atoms with Gasteiger partial charge < -0.3 is 30.2 Å². The van der Waals surface area contributed by atoms with Crippen LogP contribution in [0.1, 0.15) is 60.4 Å². The highest BCUT2D eigenvalue weighted by Gasteiger charge is 2.35. The van der Waals surface area contributed by atoms with Gasteiger partial charge >= 0.3 is 0 Å². The van der Waals surface area contributed by atoms with Crippen molar-refractivity contribution < 1.29 is 18.7 Å². The van der Waals surface area contributed by atoms with Gasteiger partial charge in [0.05, 0.1) is 30.4 Å². The van der Waals surface area contributed by atoms with Crippen LogP contribution in [0.4, 0.5) is 4.39 Å². The van der Waals surface area contributed by atoms with E-state index in [1.54, 1.807) is 19.2 Å². The molecule has 2 aromatic carbocycles. The number of aryl methyl sites for hydroxylation is 1. The van der Waals surface area contributed by atoms with E-state index in [0.717, 1.165) is 36.4 Å². The summed E-state index contributed by atoms with van der Waals surface area (Å²) in [7, 11) is 3.57. The fourth-order valence-corrected chi connectivity index (χ4v) is 7.30. The Kier molecular flexibility index (Phi) is 6.91. The van der Waals surface area contributed by atoms with Crippen LogP contribution < -0.4 is 16.2 Å². The summed E-state index contributed by atoms with van der Waals surface area (Å²) in [4.78, 5) is 31.5. The number of fused-ring (bicyclic) bond motifs is 2. The van der Waals surface area contributed by atoms with Gasteiger partial charge in [0, 0.05) is 43.5 Å². The molecule has 2 aliphatic carbocycles. The van der Waals surface area contributed by atoms with Crippen LogP contribution in [0.3, 0.4) is 0 Å². The zero-order valence-electron chi connectivity index (χ0n) is 24.8. The van der Waals surface area contributed by atoms with Crippen molar-refractivity contribution in [1.29, 1.82) is 0 Å². The van der Waals surface area contributed by atoms with Crippen molar-refractivity contribution in [3.8, 4) is 17.3 Å². The number of nitrogens with zero attached hydrogens (tertiary/aromatic N) is 4. The van der Waals surface area contributed by atoms with Gasteiger partial charge in [-0.3, -0.25) is 9.59 Å². The molecule has 4 N–H and O–H groups in total. The highest BCUT2D eigenvalue weighted by molar-refractivity contribution is 6.00. The summed E-state index contributed by atoms with van der Waals surface area (Å²) in [6.45, 7) is 1.27. The average molecular weight is 587 g/mol. The molecule has 0 unspecified atom stereocenters. The highest BCUT2D eigenvalue weighted by Crippen LogP contribution is 2.47. The molecule has 2 aromatic heterocycles. The molecule has 2 saturated carbocycles. The molecule has 1 aliphatic heterocycles. The summed E-state index contributed by atoms with van der Waals surface area (Å²) in [5.41, 5.74) is 16.9. The van der Waals surface area contributed by atoms with Crippen LogP contribution in [0.15, 0.2) is 36.4 Å². The Morgan fingerprint density at radius 3 is 2.56 bits per heavy atom. The molecule has 2 amide bonds. The monoisotopic (exact) mass is 586 g/mol. The van der Waals surface area contributed by atoms with Gasteiger partial charge in [-0.2, -0.15) is 0 Å². The Hall–Kier alpha value is -3.92. The van der Waals surface area contributed by atoms with Crippen LogP contribution >= 0.6 is 0 Å². The summed E-state index contributed by atoms with van der Waals surface area (Å²) < 4.78 is 24.5. The molecule has 43 heavy (non-hydrogen) atoms. The van der Waals surface area contributed by atoms with Crippen LogP contribution in [-0.2, 0) is 18.4 Å². The molecule has 9 nitrogen and oxygen atoms in total. The lowest BCUT2D eigenvalue weighted by Crippen LogP contribution is -2.50. The maximum atomic E-state index is 14.3. The topological polar surface area (TPSA) is 121 Å². The van der Waals surface area contributed by atoms with Crippen molar-refractivity contribution in [3.05, 3.63) is 47.5 Å². The number of ether oxygens (including phenoxy) is 1. The smallest absolute Gasteiger partial charge is 0.254 e. The van der Waals surface area contributed by atoms with Gasteiger partial charge in [-0.05, 0) is 73.6 Å². The number of hydrogen-bond acceptors (Lipinski definition) is 5. The van der Waals surface area contributed by atoms with Crippen molar-refractivity contribution in [2.75, 3.05) is 20.2 Å². The van der Waals surface area contributed by atoms with Crippen LogP contribution in [0.5, 0.6) is 5.75 Å². The summed E-state index contributed by atoms with van der Waals surface area (Å²) in [6, 6.07) is 11.8. The van der Waals surface area contributed by atoms with Crippen molar-refractivity contribution >= 4 is 33.8 Å². The number of amides is 2. The minimum Gasteiger partial charge on any atom is -0.494 e. The van der Waals surface area contributed by atoms with Crippen LogP contribution in [0.25, 0.3) is 33.5 Å². The van der Waals surface area contributed by atoms with E-state index in [2.05, 4.69) is 28.8 Å². The number of alkyl halides is 1. The lowest BCUT2D eigenvalue weighted by atomic mass is 9.69. The maximum absolute atomic E-state index is 14.3. The van der Waals surface area contributed by atoms with Gasteiger partial charge in [0.25, 0.3) is 5.91 Å². The molecular weight excluding hydrogens is 547 g/mol. The lowest BCUT2D eigenvalue weighted by molar-refractivity contribution is -0.119. The van der Waals surface area contributed by atoms with Gasteiger partial charge in [0.1, 0.15) is 17.4 Å². The Morgan fingerprint density at radius 1 is 1.07 bits per heavy atom. The molecule has 0 radical (unpaired) electrons. The van der Waals surface area contributed by atoms with Crippen molar-refractivity contribution in [2.24, 2.45) is 30.4 Å². The molecule has 7 rings (SSSR count). The number of methoxy groups -OCH3 is 1. The van der Waals surface area contributed by atoms with Crippen molar-refractivity contribution in [3.63, 3.8) is 0 Å². The Bertz CT molecular complexity index is 1720. The number of rotatable bonds is 8. The Balaban J connectivity index is 1.31. The fraction of sp³-hybridized carbons (Fsp3) is 0.485. The molecule has 1 saturated heterocycles. The number of carbonyl (C=O) groups is 2. The van der Waals surface area contributed by atoms with E-state index >= 15 is 0 Å². The first-order valence-electron chi connectivity index (χ1n) is 15.3. The zero-order chi connectivity index (χ0) is 30.0. The van der Waals surface area contributed by atoms with Gasteiger partial charge in [-0.1, -0.05) is 18.2 Å². The number of benzene rings is 2. The largest absolute Gasteiger partial charge is 0.494 e. The molecule has 226 valence electrons. The molecule has 10 heteroatoms. The van der Waals surface area contributed by atoms with E-state index in [1.807, 2.05) is 11.6 Å². The molecule has 0 bridgehead atoms. The number of piperidine rings is 1. The predicted molar refractivity (Wildman–Crippen MR) is 164 cm³/mol. The first-order chi connectivity index (χ1) is 20.7. The molecule has 4 aromatic rings. The number of para-hydroxylation sites is 1. The van der Waals surface area contributed by atoms with Crippen LogP contribution in [0, 0.1) is 11.8 Å². The number of nitrogens with two attached hydrogens (primary N) is 2. The standard InChI is InChI=1S/C33H39FN6O3/c1-38-31-26(11-22(13-28(31)43-2)33(42)39-16-23(34)14-24(35)17-39)37-32(38)27-12-20-4-3-5-25(21-8-19(9-21)10-29(36)41)30(20)40(27)15-18-6-7-18/h3-5,11-13,18-19,21,23-24H,6-10,14-17,35H2,1-2H3,(H2,36,41)/t19?,21?,23-,24-/m1/s1. The van der Waals surface area contributed by atoms with Gasteiger partial charge in [-0.15, -0.1) is 0 Å². The number of likely N-dealkylation sites (tertiary alicyclic amines) is 1. The van der Waals surface area contributed by atoms with E-state index in [9.17, 15) is 14.0 Å². The number of primary amides is 1. The summed E-state index contributed by atoms with van der Waals surface area (Å²) in [6.07, 6.45) is 3.95. The normalized spacial score (nSPS) is 24.0. The molecule has 0 spiro atoms. The third-order valence-corrected chi connectivity index (χ3v) is 9.60. The Labute approximate surface area is 250 Å². The van der Waals surface area contributed by atoms with E-state index in [1.165, 1.54) is 34.2 Å². The van der Waals surface area contributed by atoms with Crippen LogP contribution in [0.2, 0.25) is 0 Å². The summed E-state index contributed by atoms with van der Waals surface area (Å²) in [5.74, 6) is 2.22. The minimum absolute atomic E-state index is 0.0359. The summed E-state index contributed by atoms with van der Waals surface area (Å²) in [5, 5.41) is 1.17. The first kappa shape index (κ1) is 27.9. The second-order valence-electron chi connectivity index (χ2n) is 12.9. The third kappa shape index (κ3) is 5.05. The quantitative estimate of drug-likeness (QED) is 0.315. The Morgan fingerprint density at radius 2 is 1.86 bits per heavy atom. The van der Waals surface area contributed by atoms with Gasteiger partial charge in [-0.25, -0.2) is 9.37 Å². The lowest BCUT2D eigenvalue weighted by Gasteiger charge is -2.35. The number of imidazole rings is 1. The first-order valence-corrected chi connectivity index (χ1v) is 15.3. The zero-order valence-corrected chi connectivity index (χ0v) is 24.8. The van der Waals surface area contributed by atoms with E-state index in [0.29, 0.717) is 47.5 Å². The predicted octanol–water partition coefficient (Wildman–Crippen LogP) is 4.49. The number of hydrogen-bond donors (Lipinski definition) is 2. The van der Waals surface area contributed by atoms with E-state index in [-0.39, 0.29) is 30.8 Å². The SMILES string of the molecule is COc1cc(C(=O)N2C[C@H](N)C[C@@H](F)C2)cc2nc(-c3cc4cccc(C5CC(CC(N)=O)C5)c4n3CC3CC3)n(C)c12. The van der Waals surface area contributed by atoms with E-state index < -0.39 is 6.17 Å². The van der Waals surface area contributed by atoms with Crippen molar-refractivity contribution in [2.45, 2.75) is 63.2 Å². The fourth-order valence-electron chi connectivity index (χ4n) is 7.30. The van der Waals surface area contributed by atoms with Crippen LogP contribution in [-0.4, -0.2) is 63.2 Å². The molecule has 2 atom stereocenters. The number of carbonyl (C=O) groups excluding carboxylic acids is 2. The number of halogens is 1. The second kappa shape index (κ2) is 10.7. The molecule has 3 fully saturated rings. The third-order valence-electron chi connectivity index (χ3n) is 9.60. The second-order valence-corrected chi connectivity index (χ2v) is 12.9. The number of aromatic nitrogens is 3. The van der Waals surface area contributed by atoms with Gasteiger partial charge in [0.2, 0.25) is 5.91 Å². The maximum Gasteiger partial charge on any atom is 0.254 e. The molecule has 3 heterocycles. The molecular formula is C33H39FN6O3. The van der Waals surface area contributed by atoms with Gasteiger partial charge in [0.15, 0.2) is 5.82 Å². The average Bonchev–Trinajstić information content (AvgIpc) is 3.61. The highest BCUT2D eigenvalue weighted by atomic mass is 19.1.